The first-order chi connectivity index (χ1) is 5.36. The lowest BCUT2D eigenvalue weighted by Gasteiger charge is -2.43. The lowest BCUT2D eigenvalue weighted by molar-refractivity contribution is -0.0297. The van der Waals surface area contributed by atoms with E-state index in [2.05, 4.69) is 10.2 Å². The molecular weight excluding hydrogens is 211 g/mol. The Bertz CT molecular complexity index is 136. The zero-order valence-electron chi connectivity index (χ0n) is 7.61. The van der Waals surface area contributed by atoms with E-state index in [1.165, 1.54) is 19.4 Å². The maximum atomic E-state index is 9.09. The molecule has 2 N–H and O–H groups in total. The van der Waals surface area contributed by atoms with E-state index >= 15 is 0 Å². The van der Waals surface area contributed by atoms with E-state index in [9.17, 15) is 0 Å². The van der Waals surface area contributed by atoms with Crippen molar-refractivity contribution < 1.29 is 5.11 Å². The number of halogens is 2. The fraction of sp³-hybridized carbons (Fsp3) is 1.00. The molecule has 2 fully saturated rings. The average Bonchev–Trinajstić information content (AvgIpc) is 2.01. The van der Waals surface area contributed by atoms with Crippen molar-refractivity contribution in [1.82, 2.24) is 10.2 Å². The Balaban J connectivity index is 0.000000720. The molecule has 2 saturated heterocycles. The van der Waals surface area contributed by atoms with Crippen LogP contribution in [0.4, 0.5) is 0 Å². The van der Waals surface area contributed by atoms with Crippen LogP contribution in [0.3, 0.4) is 0 Å². The molecule has 5 heteroatoms. The van der Waals surface area contributed by atoms with Crippen LogP contribution in [0.1, 0.15) is 12.8 Å². The van der Waals surface area contributed by atoms with Crippen molar-refractivity contribution in [1.29, 1.82) is 0 Å². The number of β-amino-alcohol motifs (C(OH)–C–C–N with tert-alkyl or cyclic N) is 1. The van der Waals surface area contributed by atoms with E-state index in [0.717, 1.165) is 19.6 Å². The lowest BCUT2D eigenvalue weighted by atomic mass is 10.0. The van der Waals surface area contributed by atoms with Gasteiger partial charge in [-0.3, -0.25) is 4.90 Å². The highest BCUT2D eigenvalue weighted by Crippen LogP contribution is 2.17. The predicted octanol–water partition coefficient (Wildman–Crippen LogP) is 0.259. The quantitative estimate of drug-likeness (QED) is 0.677. The molecule has 0 aromatic rings. The van der Waals surface area contributed by atoms with Crippen molar-refractivity contribution in [3.63, 3.8) is 0 Å². The molecule has 3 nitrogen and oxygen atoms in total. The van der Waals surface area contributed by atoms with Gasteiger partial charge in [0.2, 0.25) is 0 Å². The second-order valence-electron chi connectivity index (χ2n) is 3.61. The monoisotopic (exact) mass is 228 g/mol. The third kappa shape index (κ3) is 3.26. The minimum Gasteiger partial charge on any atom is -0.390 e. The fourth-order valence-electron chi connectivity index (χ4n) is 1.93. The highest BCUT2D eigenvalue weighted by molar-refractivity contribution is 5.85. The Labute approximate surface area is 91.7 Å². The maximum absolute atomic E-state index is 9.09. The summed E-state index contributed by atoms with van der Waals surface area (Å²) in [6, 6.07) is 0.701. The smallest absolute Gasteiger partial charge is 0.0794 e. The van der Waals surface area contributed by atoms with Crippen LogP contribution in [0.2, 0.25) is 0 Å². The van der Waals surface area contributed by atoms with E-state index in [4.69, 9.17) is 5.11 Å². The van der Waals surface area contributed by atoms with Crippen molar-refractivity contribution in [2.45, 2.75) is 25.0 Å². The maximum Gasteiger partial charge on any atom is 0.0794 e. The molecule has 0 spiro atoms. The van der Waals surface area contributed by atoms with Gasteiger partial charge in [0.25, 0.3) is 0 Å². The molecule has 0 saturated carbocycles. The highest BCUT2D eigenvalue weighted by Gasteiger charge is 2.31. The summed E-state index contributed by atoms with van der Waals surface area (Å²) in [5, 5.41) is 12.5. The van der Waals surface area contributed by atoms with Gasteiger partial charge >= 0.3 is 0 Å². The number of piperidine rings is 1. The Kier molecular flexibility index (Phi) is 6.25. The van der Waals surface area contributed by atoms with Crippen molar-refractivity contribution in [3.8, 4) is 0 Å². The van der Waals surface area contributed by atoms with Crippen LogP contribution in [0.15, 0.2) is 0 Å². The molecule has 0 unspecified atom stereocenters. The summed E-state index contributed by atoms with van der Waals surface area (Å²) in [4.78, 5) is 2.37. The van der Waals surface area contributed by atoms with Gasteiger partial charge in [-0.05, 0) is 19.4 Å². The third-order valence-corrected chi connectivity index (χ3v) is 2.68. The van der Waals surface area contributed by atoms with Crippen molar-refractivity contribution in [2.75, 3.05) is 26.2 Å². The van der Waals surface area contributed by atoms with E-state index in [1.54, 1.807) is 0 Å². The molecule has 0 amide bonds. The van der Waals surface area contributed by atoms with Crippen LogP contribution in [0.5, 0.6) is 0 Å². The first-order valence-electron chi connectivity index (χ1n) is 4.49. The number of aliphatic hydroxyl groups excluding tert-OH is 1. The van der Waals surface area contributed by atoms with Gasteiger partial charge in [-0.15, -0.1) is 24.8 Å². The normalized spacial score (nSPS) is 29.8. The van der Waals surface area contributed by atoms with Crippen LogP contribution in [-0.4, -0.2) is 48.3 Å². The molecule has 2 aliphatic heterocycles. The number of likely N-dealkylation sites (tertiary alicyclic amines) is 1. The Hall–Kier alpha value is 0.460. The van der Waals surface area contributed by atoms with Crippen molar-refractivity contribution >= 4 is 24.8 Å². The van der Waals surface area contributed by atoms with Gasteiger partial charge < -0.3 is 10.4 Å². The summed E-state index contributed by atoms with van der Waals surface area (Å²) in [6.45, 7) is 4.08. The Morgan fingerprint density at radius 2 is 1.92 bits per heavy atom. The van der Waals surface area contributed by atoms with Gasteiger partial charge in [0.05, 0.1) is 6.10 Å². The third-order valence-electron chi connectivity index (χ3n) is 2.68. The summed E-state index contributed by atoms with van der Waals surface area (Å²) in [5.74, 6) is 0. The second kappa shape index (κ2) is 6.04. The van der Waals surface area contributed by atoms with Crippen LogP contribution in [0, 0.1) is 0 Å². The van der Waals surface area contributed by atoms with E-state index in [1.807, 2.05) is 0 Å². The van der Waals surface area contributed by atoms with Gasteiger partial charge in [0.15, 0.2) is 0 Å². The topological polar surface area (TPSA) is 35.5 Å². The molecular formula is C8H18Cl2N2O. The molecule has 2 heterocycles. The Morgan fingerprint density at radius 1 is 1.23 bits per heavy atom. The standard InChI is InChI=1S/C8H16N2O.2ClH/c11-8-5-10(6-8)7-2-1-3-9-4-7;;/h7-9,11H,1-6H2;2*1H/t7-;;/m1../s1. The first kappa shape index (κ1) is 13.5. The fourth-order valence-corrected chi connectivity index (χ4v) is 1.93. The number of nitrogens with one attached hydrogen (secondary N) is 1. The molecule has 0 aromatic heterocycles. The number of aliphatic hydroxyl groups is 1. The predicted molar refractivity (Wildman–Crippen MR) is 58.0 cm³/mol. The van der Waals surface area contributed by atoms with Gasteiger partial charge in [-0.2, -0.15) is 0 Å². The number of hydrogen-bond acceptors (Lipinski definition) is 3. The molecule has 13 heavy (non-hydrogen) atoms. The first-order valence-corrected chi connectivity index (χ1v) is 4.49. The van der Waals surface area contributed by atoms with E-state index in [-0.39, 0.29) is 30.9 Å². The van der Waals surface area contributed by atoms with Gasteiger partial charge in [0, 0.05) is 25.7 Å². The van der Waals surface area contributed by atoms with Crippen LogP contribution >= 0.6 is 24.8 Å². The molecule has 0 aliphatic carbocycles. The van der Waals surface area contributed by atoms with Gasteiger partial charge in [0.1, 0.15) is 0 Å². The zero-order chi connectivity index (χ0) is 7.68. The molecule has 1 atom stereocenters. The average molecular weight is 229 g/mol. The summed E-state index contributed by atoms with van der Waals surface area (Å²) in [5.41, 5.74) is 0. The van der Waals surface area contributed by atoms with Crippen LogP contribution in [-0.2, 0) is 0 Å². The summed E-state index contributed by atoms with van der Waals surface area (Å²) in [7, 11) is 0. The molecule has 0 radical (unpaired) electrons. The Morgan fingerprint density at radius 3 is 2.38 bits per heavy atom. The molecule has 2 rings (SSSR count). The number of rotatable bonds is 1. The van der Waals surface area contributed by atoms with Crippen LogP contribution < -0.4 is 5.32 Å². The molecule has 0 aromatic carbocycles. The van der Waals surface area contributed by atoms with Crippen molar-refractivity contribution in [2.24, 2.45) is 0 Å². The minimum absolute atomic E-state index is 0. The van der Waals surface area contributed by atoms with E-state index in [0.29, 0.717) is 6.04 Å². The van der Waals surface area contributed by atoms with E-state index < -0.39 is 0 Å². The second-order valence-corrected chi connectivity index (χ2v) is 3.61. The number of nitrogens with zero attached hydrogens (tertiary/aromatic N) is 1. The highest BCUT2D eigenvalue weighted by atomic mass is 35.5. The minimum atomic E-state index is -0.0445. The lowest BCUT2D eigenvalue weighted by Crippen LogP contribution is -2.58. The SMILES string of the molecule is Cl.Cl.OC1CN([C@@H]2CCCNC2)C1. The zero-order valence-corrected chi connectivity index (χ0v) is 9.24. The summed E-state index contributed by atoms with van der Waals surface area (Å²) in [6.07, 6.45) is 2.55. The molecule has 2 aliphatic rings. The molecule has 80 valence electrons. The van der Waals surface area contributed by atoms with Gasteiger partial charge in [-0.1, -0.05) is 0 Å². The largest absolute Gasteiger partial charge is 0.390 e. The molecule has 0 bridgehead atoms. The van der Waals surface area contributed by atoms with Crippen molar-refractivity contribution in [3.05, 3.63) is 0 Å². The summed E-state index contributed by atoms with van der Waals surface area (Å²) < 4.78 is 0. The number of hydrogen-bond donors (Lipinski definition) is 2. The van der Waals surface area contributed by atoms with Crippen LogP contribution in [0.25, 0.3) is 0 Å². The summed E-state index contributed by atoms with van der Waals surface area (Å²) >= 11 is 0. The van der Waals surface area contributed by atoms with Gasteiger partial charge in [-0.25, -0.2) is 0 Å².